The largest absolute Gasteiger partial charge is 0.416 e. The smallest absolute Gasteiger partial charge is 0.355 e. The van der Waals surface area contributed by atoms with Crippen molar-refractivity contribution in [1.29, 1.82) is 0 Å². The van der Waals surface area contributed by atoms with E-state index >= 15 is 0 Å². The van der Waals surface area contributed by atoms with Gasteiger partial charge in [0, 0.05) is 46.6 Å². The molecule has 0 fully saturated rings. The zero-order chi connectivity index (χ0) is 25.3. The molecule has 0 saturated carbocycles. The number of aromatic nitrogens is 1. The lowest BCUT2D eigenvalue weighted by Gasteiger charge is -2.27. The summed E-state index contributed by atoms with van der Waals surface area (Å²) < 4.78 is 39.1. The molecule has 36 heavy (non-hydrogen) atoms. The van der Waals surface area contributed by atoms with Crippen LogP contribution in [0.3, 0.4) is 0 Å². The molecule has 1 amide bonds. The Morgan fingerprint density at radius 2 is 1.81 bits per heavy atom. The highest BCUT2D eigenvalue weighted by Crippen LogP contribution is 2.32. The van der Waals surface area contributed by atoms with Crippen molar-refractivity contribution in [2.45, 2.75) is 12.6 Å². The third-order valence-corrected chi connectivity index (χ3v) is 6.41. The topological polar surface area (TPSA) is 45.2 Å². The Bertz CT molecular complexity index is 1470. The molecule has 0 unspecified atom stereocenters. The molecule has 1 N–H and O–H groups in total. The number of anilines is 2. The Labute approximate surface area is 211 Å². The lowest BCUT2D eigenvalue weighted by molar-refractivity contribution is -0.137. The molecule has 1 aliphatic heterocycles. The molecular formula is C28H21ClF3N3O. The maximum Gasteiger partial charge on any atom is 0.416 e. The number of hydrogen-bond acceptors (Lipinski definition) is 3. The van der Waals surface area contributed by atoms with Gasteiger partial charge in [-0.1, -0.05) is 29.8 Å². The molecule has 0 atom stereocenters. The van der Waals surface area contributed by atoms with Gasteiger partial charge in [-0.3, -0.25) is 9.78 Å². The third-order valence-electron chi connectivity index (χ3n) is 6.17. The van der Waals surface area contributed by atoms with Crippen LogP contribution < -0.4 is 5.32 Å². The minimum Gasteiger partial charge on any atom is -0.355 e. The highest BCUT2D eigenvalue weighted by molar-refractivity contribution is 6.31. The van der Waals surface area contributed by atoms with Gasteiger partial charge in [0.1, 0.15) is 0 Å². The van der Waals surface area contributed by atoms with E-state index in [2.05, 4.69) is 10.3 Å². The van der Waals surface area contributed by atoms with E-state index in [0.717, 1.165) is 40.0 Å². The van der Waals surface area contributed by atoms with Crippen LogP contribution in [0.4, 0.5) is 24.5 Å². The molecule has 8 heteroatoms. The summed E-state index contributed by atoms with van der Waals surface area (Å²) in [5, 5.41) is 4.90. The third kappa shape index (κ3) is 5.06. The summed E-state index contributed by atoms with van der Waals surface area (Å²) >= 11 is 6.06. The molecule has 4 aromatic rings. The summed E-state index contributed by atoms with van der Waals surface area (Å²) in [5.74, 6) is -0.120. The highest BCUT2D eigenvalue weighted by Gasteiger charge is 2.30. The summed E-state index contributed by atoms with van der Waals surface area (Å²) in [5.41, 5.74) is 3.70. The van der Waals surface area contributed by atoms with Gasteiger partial charge in [0.05, 0.1) is 11.1 Å². The molecule has 2 heterocycles. The Morgan fingerprint density at radius 3 is 2.53 bits per heavy atom. The van der Waals surface area contributed by atoms with E-state index in [4.69, 9.17) is 11.6 Å². The zero-order valence-electron chi connectivity index (χ0n) is 19.0. The van der Waals surface area contributed by atoms with Crippen LogP contribution in [-0.2, 0) is 6.18 Å². The van der Waals surface area contributed by atoms with Crippen molar-refractivity contribution < 1.29 is 18.0 Å². The van der Waals surface area contributed by atoms with E-state index in [0.29, 0.717) is 35.7 Å². The van der Waals surface area contributed by atoms with Crippen molar-refractivity contribution >= 4 is 45.4 Å². The molecule has 4 nitrogen and oxygen atoms in total. The number of nitrogens with one attached hydrogen (secondary N) is 1. The zero-order valence-corrected chi connectivity index (χ0v) is 19.8. The van der Waals surface area contributed by atoms with Gasteiger partial charge in [-0.25, -0.2) is 0 Å². The van der Waals surface area contributed by atoms with E-state index in [9.17, 15) is 18.0 Å². The van der Waals surface area contributed by atoms with Crippen molar-refractivity contribution in [3.05, 3.63) is 107 Å². The maximum absolute atomic E-state index is 13.0. The number of halogens is 4. The fourth-order valence-electron chi connectivity index (χ4n) is 4.28. The lowest BCUT2D eigenvalue weighted by atomic mass is 9.97. The first-order valence-electron chi connectivity index (χ1n) is 11.4. The number of fused-ring (bicyclic) bond motifs is 1. The number of hydrogen-bond donors (Lipinski definition) is 1. The van der Waals surface area contributed by atoms with E-state index < -0.39 is 11.7 Å². The van der Waals surface area contributed by atoms with Gasteiger partial charge in [-0.05, 0) is 78.2 Å². The Kier molecular flexibility index (Phi) is 6.41. The van der Waals surface area contributed by atoms with Crippen LogP contribution in [0.1, 0.15) is 27.9 Å². The average Bonchev–Trinajstić information content (AvgIpc) is 2.88. The first kappa shape index (κ1) is 23.9. The lowest BCUT2D eigenvalue weighted by Crippen LogP contribution is -2.34. The number of nitrogens with zero attached hydrogens (tertiary/aromatic N) is 2. The molecule has 182 valence electrons. The second-order valence-electron chi connectivity index (χ2n) is 8.53. The molecule has 3 aromatic carbocycles. The number of benzene rings is 3. The molecule has 0 aliphatic carbocycles. The number of pyridine rings is 1. The summed E-state index contributed by atoms with van der Waals surface area (Å²) in [6.07, 6.45) is -0.359. The van der Waals surface area contributed by atoms with Crippen molar-refractivity contribution in [3.8, 4) is 0 Å². The molecule has 0 saturated heterocycles. The van der Waals surface area contributed by atoms with Gasteiger partial charge in [0.15, 0.2) is 0 Å². The van der Waals surface area contributed by atoms with Crippen LogP contribution in [0.15, 0.2) is 85.1 Å². The minimum absolute atomic E-state index is 0.120. The number of carbonyl (C=O) groups excluding carboxylic acids is 1. The van der Waals surface area contributed by atoms with Gasteiger partial charge >= 0.3 is 6.18 Å². The molecule has 1 aliphatic rings. The molecular weight excluding hydrogens is 487 g/mol. The Morgan fingerprint density at radius 1 is 1.00 bits per heavy atom. The maximum atomic E-state index is 13.0. The van der Waals surface area contributed by atoms with E-state index in [1.165, 1.54) is 6.07 Å². The van der Waals surface area contributed by atoms with Gasteiger partial charge < -0.3 is 10.2 Å². The van der Waals surface area contributed by atoms with E-state index in [-0.39, 0.29) is 5.91 Å². The van der Waals surface area contributed by atoms with E-state index in [1.54, 1.807) is 35.4 Å². The fraction of sp³-hybridized carbons (Fsp3) is 0.143. The predicted octanol–water partition coefficient (Wildman–Crippen LogP) is 7.58. The summed E-state index contributed by atoms with van der Waals surface area (Å²) in [4.78, 5) is 19.0. The predicted molar refractivity (Wildman–Crippen MR) is 136 cm³/mol. The molecule has 0 radical (unpaired) electrons. The second-order valence-corrected chi connectivity index (χ2v) is 8.97. The molecule has 0 spiro atoms. The minimum atomic E-state index is -4.38. The Balaban J connectivity index is 1.27. The summed E-state index contributed by atoms with van der Waals surface area (Å²) in [6.45, 7) is 0.780. The van der Waals surface area contributed by atoms with Crippen LogP contribution >= 0.6 is 11.6 Å². The molecule has 0 bridgehead atoms. The van der Waals surface area contributed by atoms with Crippen LogP contribution in [0.2, 0.25) is 5.02 Å². The summed E-state index contributed by atoms with van der Waals surface area (Å²) in [7, 11) is 0. The van der Waals surface area contributed by atoms with Crippen LogP contribution in [0.5, 0.6) is 0 Å². The summed E-state index contributed by atoms with van der Waals surface area (Å²) in [6, 6.07) is 19.9. The molecule has 1 aromatic heterocycles. The van der Waals surface area contributed by atoms with Crippen molar-refractivity contribution in [2.75, 3.05) is 18.4 Å². The Hall–Kier alpha value is -3.84. The van der Waals surface area contributed by atoms with Crippen LogP contribution in [-0.4, -0.2) is 28.9 Å². The van der Waals surface area contributed by atoms with Gasteiger partial charge in [0.2, 0.25) is 0 Å². The first-order valence-corrected chi connectivity index (χ1v) is 11.7. The van der Waals surface area contributed by atoms with Crippen molar-refractivity contribution in [1.82, 2.24) is 9.88 Å². The first-order chi connectivity index (χ1) is 17.3. The number of rotatable bonds is 4. The van der Waals surface area contributed by atoms with Gasteiger partial charge in [-0.15, -0.1) is 0 Å². The standard InChI is InChI=1S/C28H21ClF3N3O/c29-22-6-9-24-25(10-13-33-26(24)17-22)34-23-7-4-19(5-8-23)27(36)35-14-11-18(12-15-35)20-2-1-3-21(16-20)28(30,31)32/h1-11,13,16-17H,12,14-15H2,(H,33,34). The van der Waals surface area contributed by atoms with E-state index in [1.807, 2.05) is 36.4 Å². The normalized spacial score (nSPS) is 14.0. The number of amides is 1. The highest BCUT2D eigenvalue weighted by atomic mass is 35.5. The fourth-order valence-corrected chi connectivity index (χ4v) is 4.44. The monoisotopic (exact) mass is 507 g/mol. The van der Waals surface area contributed by atoms with Gasteiger partial charge in [-0.2, -0.15) is 13.2 Å². The van der Waals surface area contributed by atoms with Crippen LogP contribution in [0.25, 0.3) is 16.5 Å². The SMILES string of the molecule is O=C(c1ccc(Nc2ccnc3cc(Cl)ccc23)cc1)N1CC=C(c2cccc(C(F)(F)F)c2)CC1. The van der Waals surface area contributed by atoms with Crippen LogP contribution in [0, 0.1) is 0 Å². The quantitative estimate of drug-likeness (QED) is 0.309. The average molecular weight is 508 g/mol. The van der Waals surface area contributed by atoms with Crippen molar-refractivity contribution in [2.24, 2.45) is 0 Å². The number of alkyl halides is 3. The van der Waals surface area contributed by atoms with Gasteiger partial charge in [0.25, 0.3) is 5.91 Å². The second kappa shape index (κ2) is 9.66. The van der Waals surface area contributed by atoms with Crippen molar-refractivity contribution in [3.63, 3.8) is 0 Å². The molecule has 5 rings (SSSR count). The number of carbonyl (C=O) groups is 1.